The van der Waals surface area contributed by atoms with Gasteiger partial charge in [0, 0.05) is 18.3 Å². The fourth-order valence-corrected chi connectivity index (χ4v) is 4.05. The molecule has 34 heavy (non-hydrogen) atoms. The molecular formula is C23H23FN6O3S. The molecule has 3 aromatic heterocycles. The van der Waals surface area contributed by atoms with E-state index in [9.17, 15) is 19.1 Å². The van der Waals surface area contributed by atoms with Gasteiger partial charge in [-0.25, -0.2) is 8.91 Å². The lowest BCUT2D eigenvalue weighted by atomic mass is 10.0. The Balaban J connectivity index is 1.59. The monoisotopic (exact) mass is 482 g/mol. The highest BCUT2D eigenvalue weighted by molar-refractivity contribution is 7.12. The first-order chi connectivity index (χ1) is 16.1. The van der Waals surface area contributed by atoms with Gasteiger partial charge in [-0.2, -0.15) is 4.98 Å². The zero-order chi connectivity index (χ0) is 24.5. The fraction of sp³-hybridized carbons (Fsp3) is 0.217. The summed E-state index contributed by atoms with van der Waals surface area (Å²) in [5, 5.41) is 21.0. The number of rotatable bonds is 7. The van der Waals surface area contributed by atoms with Crippen molar-refractivity contribution in [2.75, 3.05) is 12.3 Å². The van der Waals surface area contributed by atoms with Crippen molar-refractivity contribution < 1.29 is 19.1 Å². The number of carbonyl (C=O) groups excluding carboxylic acids is 2. The number of aliphatic hydroxyl groups excluding tert-OH is 1. The summed E-state index contributed by atoms with van der Waals surface area (Å²) in [5.74, 6) is -1.03. The molecule has 0 bridgehead atoms. The molecule has 0 fully saturated rings. The number of pyridine rings is 1. The third-order valence-electron chi connectivity index (χ3n) is 5.06. The summed E-state index contributed by atoms with van der Waals surface area (Å²) in [6.07, 6.45) is 1.68. The molecule has 1 aromatic carbocycles. The van der Waals surface area contributed by atoms with E-state index in [1.165, 1.54) is 28.0 Å². The average Bonchev–Trinajstić information content (AvgIpc) is 3.43. The normalized spacial score (nSPS) is 11.5. The maximum absolute atomic E-state index is 13.1. The first-order valence-corrected chi connectivity index (χ1v) is 11.2. The van der Waals surface area contributed by atoms with Gasteiger partial charge in [0.1, 0.15) is 5.82 Å². The number of benzene rings is 1. The molecule has 5 N–H and O–H groups in total. The van der Waals surface area contributed by atoms with Crippen molar-refractivity contribution in [2.45, 2.75) is 25.9 Å². The number of fused-ring (bicyclic) bond motifs is 1. The van der Waals surface area contributed by atoms with Gasteiger partial charge in [-0.05, 0) is 54.6 Å². The lowest BCUT2D eigenvalue weighted by Gasteiger charge is -2.23. The van der Waals surface area contributed by atoms with Crippen molar-refractivity contribution in [1.82, 2.24) is 25.2 Å². The van der Waals surface area contributed by atoms with E-state index in [2.05, 4.69) is 20.7 Å². The second-order valence-corrected chi connectivity index (χ2v) is 9.30. The lowest BCUT2D eigenvalue weighted by Crippen LogP contribution is -2.46. The Hall–Kier alpha value is -3.83. The van der Waals surface area contributed by atoms with Crippen molar-refractivity contribution in [1.29, 1.82) is 0 Å². The zero-order valence-corrected chi connectivity index (χ0v) is 19.3. The van der Waals surface area contributed by atoms with Crippen LogP contribution in [0.3, 0.4) is 0 Å². The van der Waals surface area contributed by atoms with Gasteiger partial charge in [-0.3, -0.25) is 9.59 Å². The van der Waals surface area contributed by atoms with Crippen molar-refractivity contribution in [3.05, 3.63) is 69.8 Å². The standard InChI is InChI=1S/C23H23FN6O3S/c1-23(2,12-31)28-20(32)17-7-14(10-30-19(17)27-22(25)29-30)15-8-18(34-11-15)21(33)26-9-13-3-5-16(24)6-4-13/h3-8,10-11,31H,9,12H2,1-2H3,(H2,25,29)(H,26,33)(H,28,32). The molecule has 11 heteroatoms. The smallest absolute Gasteiger partial charge is 0.261 e. The Morgan fingerprint density at radius 2 is 1.91 bits per heavy atom. The Morgan fingerprint density at radius 3 is 2.62 bits per heavy atom. The highest BCUT2D eigenvalue weighted by Crippen LogP contribution is 2.28. The molecule has 0 aliphatic rings. The van der Waals surface area contributed by atoms with Gasteiger partial charge >= 0.3 is 0 Å². The van der Waals surface area contributed by atoms with E-state index in [-0.39, 0.29) is 42.0 Å². The summed E-state index contributed by atoms with van der Waals surface area (Å²) < 4.78 is 14.5. The Bertz CT molecular complexity index is 1360. The number of thiophene rings is 1. The molecule has 0 radical (unpaired) electrons. The van der Waals surface area contributed by atoms with Crippen LogP contribution >= 0.6 is 11.3 Å². The van der Waals surface area contributed by atoms with E-state index in [1.807, 2.05) is 0 Å². The van der Waals surface area contributed by atoms with Gasteiger partial charge in [0.15, 0.2) is 5.65 Å². The molecule has 0 saturated carbocycles. The molecule has 0 unspecified atom stereocenters. The van der Waals surface area contributed by atoms with Crippen LogP contribution in [0.1, 0.15) is 39.4 Å². The maximum Gasteiger partial charge on any atom is 0.261 e. The number of aromatic nitrogens is 3. The largest absolute Gasteiger partial charge is 0.394 e. The molecule has 0 saturated heterocycles. The highest BCUT2D eigenvalue weighted by Gasteiger charge is 2.24. The predicted octanol–water partition coefficient (Wildman–Crippen LogP) is 2.61. The van der Waals surface area contributed by atoms with Crippen LogP contribution < -0.4 is 16.4 Å². The summed E-state index contributed by atoms with van der Waals surface area (Å²) in [6.45, 7) is 3.41. The minimum atomic E-state index is -0.839. The van der Waals surface area contributed by atoms with Gasteiger partial charge in [0.2, 0.25) is 5.95 Å². The van der Waals surface area contributed by atoms with Crippen LogP contribution in [-0.4, -0.2) is 43.7 Å². The van der Waals surface area contributed by atoms with Gasteiger partial charge < -0.3 is 21.5 Å². The summed E-state index contributed by atoms with van der Waals surface area (Å²) in [4.78, 5) is 30.2. The number of hydrogen-bond acceptors (Lipinski definition) is 7. The molecule has 4 rings (SSSR count). The zero-order valence-electron chi connectivity index (χ0n) is 18.5. The van der Waals surface area contributed by atoms with Gasteiger partial charge in [0.05, 0.1) is 22.6 Å². The van der Waals surface area contributed by atoms with Gasteiger partial charge in [0.25, 0.3) is 11.8 Å². The number of halogens is 1. The summed E-state index contributed by atoms with van der Waals surface area (Å²) >= 11 is 1.25. The minimum absolute atomic E-state index is 0.0128. The van der Waals surface area contributed by atoms with E-state index in [0.29, 0.717) is 16.0 Å². The van der Waals surface area contributed by atoms with Crippen LogP contribution in [0.15, 0.2) is 48.0 Å². The SMILES string of the molecule is CC(C)(CO)NC(=O)c1cc(-c2csc(C(=O)NCc3ccc(F)cc3)c2)cn2nc(N)nc12. The highest BCUT2D eigenvalue weighted by atomic mass is 32.1. The molecule has 0 aliphatic carbocycles. The number of carbonyl (C=O) groups is 2. The molecule has 9 nitrogen and oxygen atoms in total. The van der Waals surface area contributed by atoms with Gasteiger partial charge in [-0.1, -0.05) is 12.1 Å². The molecule has 0 atom stereocenters. The molecule has 0 aliphatic heterocycles. The Kier molecular flexibility index (Phi) is 6.31. The Labute approximate surface area is 198 Å². The van der Waals surface area contributed by atoms with Crippen LogP contribution in [-0.2, 0) is 6.54 Å². The fourth-order valence-electron chi connectivity index (χ4n) is 3.22. The number of nitrogens with two attached hydrogens (primary N) is 1. The van der Waals surface area contributed by atoms with Crippen molar-refractivity contribution >= 4 is 34.7 Å². The third-order valence-corrected chi connectivity index (χ3v) is 5.99. The summed E-state index contributed by atoms with van der Waals surface area (Å²) in [6, 6.07) is 9.26. The van der Waals surface area contributed by atoms with Crippen LogP contribution in [0, 0.1) is 5.82 Å². The van der Waals surface area contributed by atoms with E-state index in [1.54, 1.807) is 49.7 Å². The predicted molar refractivity (Wildman–Crippen MR) is 127 cm³/mol. The number of anilines is 1. The van der Waals surface area contributed by atoms with Crippen LogP contribution in [0.25, 0.3) is 16.8 Å². The number of nitrogens with zero attached hydrogens (tertiary/aromatic N) is 3. The Morgan fingerprint density at radius 1 is 1.18 bits per heavy atom. The van der Waals surface area contributed by atoms with E-state index < -0.39 is 11.4 Å². The van der Waals surface area contributed by atoms with Gasteiger partial charge in [-0.15, -0.1) is 16.4 Å². The van der Waals surface area contributed by atoms with Crippen molar-refractivity contribution in [3.63, 3.8) is 0 Å². The average molecular weight is 483 g/mol. The second-order valence-electron chi connectivity index (χ2n) is 8.39. The number of hydrogen-bond donors (Lipinski definition) is 4. The molecular weight excluding hydrogens is 459 g/mol. The number of nitrogen functional groups attached to an aromatic ring is 1. The third kappa shape index (κ3) is 5.05. The molecule has 176 valence electrons. The molecule has 0 spiro atoms. The summed E-state index contributed by atoms with van der Waals surface area (Å²) in [5.41, 5.74) is 7.55. The molecule has 2 amide bonds. The van der Waals surface area contributed by atoms with Crippen molar-refractivity contribution in [2.24, 2.45) is 0 Å². The van der Waals surface area contributed by atoms with E-state index >= 15 is 0 Å². The second kappa shape index (κ2) is 9.20. The first kappa shape index (κ1) is 23.3. The topological polar surface area (TPSA) is 135 Å². The van der Waals surface area contributed by atoms with Crippen LogP contribution in [0.2, 0.25) is 0 Å². The molecule has 4 aromatic rings. The first-order valence-electron chi connectivity index (χ1n) is 10.4. The van der Waals surface area contributed by atoms with E-state index in [4.69, 9.17) is 5.73 Å². The van der Waals surface area contributed by atoms with Crippen LogP contribution in [0.4, 0.5) is 10.3 Å². The maximum atomic E-state index is 13.1. The van der Waals surface area contributed by atoms with Crippen LogP contribution in [0.5, 0.6) is 0 Å². The number of nitrogens with one attached hydrogen (secondary N) is 2. The minimum Gasteiger partial charge on any atom is -0.394 e. The van der Waals surface area contributed by atoms with E-state index in [0.717, 1.165) is 5.56 Å². The number of aliphatic hydroxyl groups is 1. The van der Waals surface area contributed by atoms with Crippen molar-refractivity contribution in [3.8, 4) is 11.1 Å². The number of amides is 2. The quantitative estimate of drug-likeness (QED) is 0.320. The lowest BCUT2D eigenvalue weighted by molar-refractivity contribution is 0.0869. The molecule has 3 heterocycles. The summed E-state index contributed by atoms with van der Waals surface area (Å²) in [7, 11) is 0.